The van der Waals surface area contributed by atoms with Gasteiger partial charge in [0.05, 0.1) is 0 Å². The van der Waals surface area contributed by atoms with Gasteiger partial charge in [0.15, 0.2) is 0 Å². The molecule has 1 aliphatic heterocycles. The molecular formula is C25H34N6O2. The second kappa shape index (κ2) is 10.2. The molecule has 176 valence electrons. The fourth-order valence-electron chi connectivity index (χ4n) is 4.29. The van der Waals surface area contributed by atoms with Crippen LogP contribution >= 0.6 is 0 Å². The highest BCUT2D eigenvalue weighted by molar-refractivity contribution is 5.88. The third-order valence-electron chi connectivity index (χ3n) is 6.34. The molecule has 1 atom stereocenters. The van der Waals surface area contributed by atoms with Crippen molar-refractivity contribution in [3.05, 3.63) is 53.1 Å². The molecule has 0 bridgehead atoms. The number of hydrogen-bond acceptors (Lipinski definition) is 6. The zero-order valence-electron chi connectivity index (χ0n) is 19.8. The van der Waals surface area contributed by atoms with Gasteiger partial charge in [0.2, 0.25) is 5.91 Å². The van der Waals surface area contributed by atoms with E-state index in [1.807, 2.05) is 55.2 Å². The molecule has 2 aromatic heterocycles. The maximum absolute atomic E-state index is 12.9. The smallest absolute Gasteiger partial charge is 0.271 e. The highest BCUT2D eigenvalue weighted by Gasteiger charge is 2.34. The van der Waals surface area contributed by atoms with Crippen molar-refractivity contribution in [1.82, 2.24) is 19.8 Å². The lowest BCUT2D eigenvalue weighted by molar-refractivity contribution is -0.125. The first-order chi connectivity index (χ1) is 15.9. The number of rotatable bonds is 9. The molecule has 2 aromatic rings. The van der Waals surface area contributed by atoms with Gasteiger partial charge in [0, 0.05) is 63.3 Å². The van der Waals surface area contributed by atoms with Crippen LogP contribution in [0.5, 0.6) is 0 Å². The number of pyridine rings is 2. The Morgan fingerprint density at radius 3 is 2.82 bits per heavy atom. The van der Waals surface area contributed by atoms with Gasteiger partial charge in [-0.1, -0.05) is 6.08 Å². The molecule has 2 aliphatic rings. The van der Waals surface area contributed by atoms with Crippen LogP contribution in [0.1, 0.15) is 19.3 Å². The molecule has 4 rings (SSSR count). The Hall–Kier alpha value is -3.13. The van der Waals surface area contributed by atoms with E-state index in [9.17, 15) is 9.59 Å². The number of nitrogens with one attached hydrogen (secondary N) is 2. The highest BCUT2D eigenvalue weighted by Crippen LogP contribution is 2.34. The Morgan fingerprint density at radius 2 is 2.09 bits per heavy atom. The molecule has 1 saturated carbocycles. The lowest BCUT2D eigenvalue weighted by Crippen LogP contribution is -2.42. The first-order valence-electron chi connectivity index (χ1n) is 11.7. The van der Waals surface area contributed by atoms with Crippen molar-refractivity contribution in [2.24, 2.45) is 5.92 Å². The summed E-state index contributed by atoms with van der Waals surface area (Å²) in [5.41, 5.74) is 2.54. The van der Waals surface area contributed by atoms with Gasteiger partial charge in [-0.05, 0) is 63.0 Å². The van der Waals surface area contributed by atoms with Crippen LogP contribution in [-0.2, 0) is 4.79 Å². The molecular weight excluding hydrogens is 416 g/mol. The minimum atomic E-state index is -0.0852. The van der Waals surface area contributed by atoms with E-state index in [1.54, 1.807) is 18.5 Å². The molecule has 0 unspecified atom stereocenters. The fraction of sp³-hybridized carbons (Fsp3) is 0.480. The van der Waals surface area contributed by atoms with Crippen LogP contribution in [-0.4, -0.2) is 79.0 Å². The summed E-state index contributed by atoms with van der Waals surface area (Å²) in [5, 5.41) is 3.06. The quantitative estimate of drug-likeness (QED) is 0.571. The number of aromatic nitrogens is 2. The van der Waals surface area contributed by atoms with E-state index in [0.717, 1.165) is 36.5 Å². The van der Waals surface area contributed by atoms with E-state index in [2.05, 4.69) is 20.2 Å². The van der Waals surface area contributed by atoms with Crippen LogP contribution in [0.3, 0.4) is 0 Å². The number of H-pyrrole nitrogens is 1. The zero-order valence-corrected chi connectivity index (χ0v) is 19.8. The van der Waals surface area contributed by atoms with Crippen LogP contribution < -0.4 is 15.8 Å². The maximum atomic E-state index is 12.9. The number of carbonyl (C=O) groups excluding carboxylic acids is 1. The summed E-state index contributed by atoms with van der Waals surface area (Å²) in [6.45, 7) is 2.95. The summed E-state index contributed by atoms with van der Waals surface area (Å²) in [6.07, 6.45) is 10.4. The molecule has 1 amide bonds. The minimum Gasteiger partial charge on any atom is -0.373 e. The maximum Gasteiger partial charge on any atom is 0.271 e. The predicted octanol–water partition coefficient (Wildman–Crippen LogP) is 2.41. The highest BCUT2D eigenvalue weighted by atomic mass is 16.2. The van der Waals surface area contributed by atoms with Gasteiger partial charge in [-0.3, -0.25) is 9.59 Å². The number of nitrogens with zero attached hydrogens (tertiary/aromatic N) is 4. The number of carbonyl (C=O) groups is 1. The molecule has 3 heterocycles. The summed E-state index contributed by atoms with van der Waals surface area (Å²) in [5.74, 6) is 1.45. The summed E-state index contributed by atoms with van der Waals surface area (Å²) >= 11 is 0. The molecule has 8 nitrogen and oxygen atoms in total. The zero-order chi connectivity index (χ0) is 23.4. The van der Waals surface area contributed by atoms with E-state index in [1.165, 1.54) is 12.8 Å². The molecule has 1 saturated heterocycles. The number of likely N-dealkylation sites (N-methyl/N-ethyl adjacent to an activating group) is 1. The molecule has 2 fully saturated rings. The molecule has 33 heavy (non-hydrogen) atoms. The van der Waals surface area contributed by atoms with Crippen LogP contribution in [0.15, 0.2) is 47.5 Å². The van der Waals surface area contributed by atoms with E-state index >= 15 is 0 Å². The lowest BCUT2D eigenvalue weighted by Gasteiger charge is -2.31. The Morgan fingerprint density at radius 1 is 1.27 bits per heavy atom. The standard InChI is InChI=1S/C25H34N6O2/c1-26-23-14-19(8-10-27-23)20-13-22(25(33)28-15-20)31(16-18-6-7-18)21-9-12-30(17-21)24(32)5-4-11-29(2)3/h4-5,8,10,13-15,18,21H,6-7,9,11-12,16-17H2,1-3H3,(H,26,27)(H,28,33)/t21-/m1/s1. The minimum absolute atomic E-state index is 0.0461. The summed E-state index contributed by atoms with van der Waals surface area (Å²) < 4.78 is 0. The molecule has 8 heteroatoms. The molecule has 0 spiro atoms. The Bertz CT molecular complexity index is 1060. The van der Waals surface area contributed by atoms with Crippen molar-refractivity contribution in [3.8, 4) is 11.1 Å². The number of anilines is 2. The summed E-state index contributed by atoms with van der Waals surface area (Å²) in [4.78, 5) is 39.0. The summed E-state index contributed by atoms with van der Waals surface area (Å²) in [6, 6.07) is 6.04. The Balaban J connectivity index is 1.56. The van der Waals surface area contributed by atoms with Crippen molar-refractivity contribution in [2.45, 2.75) is 25.3 Å². The predicted molar refractivity (Wildman–Crippen MR) is 133 cm³/mol. The van der Waals surface area contributed by atoms with Crippen LogP contribution in [0.25, 0.3) is 11.1 Å². The van der Waals surface area contributed by atoms with E-state index in [0.29, 0.717) is 24.7 Å². The number of hydrogen-bond donors (Lipinski definition) is 2. The molecule has 0 aromatic carbocycles. The average Bonchev–Trinajstić information content (AvgIpc) is 3.50. The van der Waals surface area contributed by atoms with Crippen molar-refractivity contribution in [3.63, 3.8) is 0 Å². The van der Waals surface area contributed by atoms with E-state index < -0.39 is 0 Å². The van der Waals surface area contributed by atoms with E-state index in [-0.39, 0.29) is 17.5 Å². The number of likely N-dealkylation sites (tertiary alicyclic amines) is 1. The van der Waals surface area contributed by atoms with E-state index in [4.69, 9.17) is 0 Å². The second-order valence-corrected chi connectivity index (χ2v) is 9.27. The molecule has 1 aliphatic carbocycles. The fourth-order valence-corrected chi connectivity index (χ4v) is 4.29. The van der Waals surface area contributed by atoms with Gasteiger partial charge in [-0.2, -0.15) is 0 Å². The van der Waals surface area contributed by atoms with Crippen molar-refractivity contribution < 1.29 is 4.79 Å². The Kier molecular flexibility index (Phi) is 7.13. The van der Waals surface area contributed by atoms with Crippen LogP contribution in [0.2, 0.25) is 0 Å². The van der Waals surface area contributed by atoms with Gasteiger partial charge >= 0.3 is 0 Å². The SMILES string of the molecule is CNc1cc(-c2c[nH]c(=O)c(N(CC3CC3)[C@@H]3CCN(C(=O)C=CCN(C)C)C3)c2)ccn1. The third-order valence-corrected chi connectivity index (χ3v) is 6.34. The van der Waals surface area contributed by atoms with Gasteiger partial charge in [0.1, 0.15) is 11.5 Å². The second-order valence-electron chi connectivity index (χ2n) is 9.27. The topological polar surface area (TPSA) is 84.6 Å². The number of amides is 1. The van der Waals surface area contributed by atoms with Crippen molar-refractivity contribution in [1.29, 1.82) is 0 Å². The largest absolute Gasteiger partial charge is 0.373 e. The van der Waals surface area contributed by atoms with Gasteiger partial charge in [-0.15, -0.1) is 0 Å². The lowest BCUT2D eigenvalue weighted by atomic mass is 10.1. The summed E-state index contributed by atoms with van der Waals surface area (Å²) in [7, 11) is 5.80. The van der Waals surface area contributed by atoms with Crippen molar-refractivity contribution >= 4 is 17.4 Å². The van der Waals surface area contributed by atoms with Crippen LogP contribution in [0.4, 0.5) is 11.5 Å². The van der Waals surface area contributed by atoms with Gasteiger partial charge in [0.25, 0.3) is 5.56 Å². The molecule has 2 N–H and O–H groups in total. The Labute approximate surface area is 195 Å². The average molecular weight is 451 g/mol. The monoisotopic (exact) mass is 450 g/mol. The third kappa shape index (κ3) is 5.82. The van der Waals surface area contributed by atoms with Crippen molar-refractivity contribution in [2.75, 3.05) is 57.5 Å². The van der Waals surface area contributed by atoms with Gasteiger partial charge < -0.3 is 25.0 Å². The normalized spacial score (nSPS) is 18.3. The van der Waals surface area contributed by atoms with Crippen LogP contribution in [0, 0.1) is 5.92 Å². The van der Waals surface area contributed by atoms with Gasteiger partial charge in [-0.25, -0.2) is 4.98 Å². The molecule has 0 radical (unpaired) electrons. The first-order valence-corrected chi connectivity index (χ1v) is 11.7. The number of aromatic amines is 1. The first kappa shape index (κ1) is 23.0.